The van der Waals surface area contributed by atoms with E-state index in [-0.39, 0.29) is 19.4 Å². The lowest BCUT2D eigenvalue weighted by Crippen LogP contribution is -2.56. The van der Waals surface area contributed by atoms with Gasteiger partial charge >= 0.3 is 0 Å². The number of nitrogens with one attached hydrogen (secondary N) is 1. The molecule has 1 atom stereocenters. The number of fused-ring (bicyclic) bond motifs is 1. The molecule has 0 amide bonds. The summed E-state index contributed by atoms with van der Waals surface area (Å²) in [4.78, 5) is 15.3. The zero-order chi connectivity index (χ0) is 16.8. The summed E-state index contributed by atoms with van der Waals surface area (Å²) < 4.78 is 29.5. The lowest BCUT2D eigenvalue weighted by molar-refractivity contribution is -0.0850. The van der Waals surface area contributed by atoms with Gasteiger partial charge in [-0.2, -0.15) is 5.26 Å². The molecule has 24 heavy (non-hydrogen) atoms. The van der Waals surface area contributed by atoms with Crippen molar-refractivity contribution >= 4 is 16.9 Å². The van der Waals surface area contributed by atoms with Crippen LogP contribution < -0.4 is 4.90 Å². The Kier molecular flexibility index (Phi) is 3.42. The molecule has 0 saturated carbocycles. The van der Waals surface area contributed by atoms with Crippen molar-refractivity contribution in [1.82, 2.24) is 19.9 Å². The summed E-state index contributed by atoms with van der Waals surface area (Å²) in [5.41, 5.74) is -0.488. The molecule has 0 bridgehead atoms. The third-order valence-electron chi connectivity index (χ3n) is 5.36. The molecule has 0 aromatic carbocycles. The Labute approximate surface area is 138 Å². The second-order valence-electron chi connectivity index (χ2n) is 6.49. The van der Waals surface area contributed by atoms with E-state index in [4.69, 9.17) is 5.26 Å². The van der Waals surface area contributed by atoms with Gasteiger partial charge in [-0.05, 0) is 12.5 Å². The molecule has 2 aliphatic heterocycles. The predicted octanol–water partition coefficient (Wildman–Crippen LogP) is 2.16. The van der Waals surface area contributed by atoms with Crippen LogP contribution >= 0.6 is 0 Å². The van der Waals surface area contributed by atoms with Gasteiger partial charge in [0, 0.05) is 45.2 Å². The minimum atomic E-state index is -2.75. The number of aromatic amines is 1. The second-order valence-corrected chi connectivity index (χ2v) is 6.49. The first-order chi connectivity index (χ1) is 11.6. The van der Waals surface area contributed by atoms with E-state index in [2.05, 4.69) is 21.0 Å². The molecule has 0 radical (unpaired) electrons. The van der Waals surface area contributed by atoms with E-state index in [1.54, 1.807) is 6.20 Å². The van der Waals surface area contributed by atoms with Gasteiger partial charge in [-0.1, -0.05) is 0 Å². The maximum Gasteiger partial charge on any atom is 0.269 e. The topological polar surface area (TPSA) is 71.8 Å². The molecular formula is C16H18F2N6. The van der Waals surface area contributed by atoms with E-state index in [0.29, 0.717) is 37.5 Å². The number of nitriles is 1. The Hall–Kier alpha value is -2.27. The van der Waals surface area contributed by atoms with Crippen LogP contribution in [-0.4, -0.2) is 57.5 Å². The van der Waals surface area contributed by atoms with E-state index in [0.717, 1.165) is 5.39 Å². The van der Waals surface area contributed by atoms with Crippen LogP contribution in [0.2, 0.25) is 0 Å². The Bertz CT molecular complexity index is 797. The summed E-state index contributed by atoms with van der Waals surface area (Å²) in [5.74, 6) is -2.05. The number of likely N-dealkylation sites (tertiary alicyclic amines) is 1. The monoisotopic (exact) mass is 332 g/mol. The van der Waals surface area contributed by atoms with E-state index < -0.39 is 11.5 Å². The summed E-state index contributed by atoms with van der Waals surface area (Å²) in [6.45, 7) is 1.48. The maximum absolute atomic E-state index is 14.7. The van der Waals surface area contributed by atoms with Gasteiger partial charge in [0.25, 0.3) is 5.92 Å². The standard InChI is InChI=1S/C16H18F2N6/c17-16(18)4-9-24(7-1-5-19)15(16)3-8-23(10-15)14-12-2-6-20-13(12)21-11-22-14/h2,6,11H,1,3-4,7-10H2,(H,20,21,22). The summed E-state index contributed by atoms with van der Waals surface area (Å²) >= 11 is 0. The number of hydrogen-bond acceptors (Lipinski definition) is 5. The van der Waals surface area contributed by atoms with Crippen LogP contribution in [0.5, 0.6) is 0 Å². The fraction of sp³-hybridized carbons (Fsp3) is 0.562. The van der Waals surface area contributed by atoms with Gasteiger partial charge < -0.3 is 9.88 Å². The molecule has 2 fully saturated rings. The number of halogens is 2. The van der Waals surface area contributed by atoms with Crippen molar-refractivity contribution in [3.05, 3.63) is 18.6 Å². The third-order valence-corrected chi connectivity index (χ3v) is 5.36. The van der Waals surface area contributed by atoms with Gasteiger partial charge in [0.15, 0.2) is 0 Å². The SMILES string of the molecule is N#CCCN1CCC(F)(F)C12CCN(c1ncnc3[nH]ccc13)C2. The highest BCUT2D eigenvalue weighted by Gasteiger charge is 2.63. The molecule has 0 aliphatic carbocycles. The van der Waals surface area contributed by atoms with Crippen LogP contribution in [0, 0.1) is 11.3 Å². The number of H-pyrrole nitrogens is 1. The number of nitrogens with zero attached hydrogens (tertiary/aromatic N) is 5. The van der Waals surface area contributed by atoms with Gasteiger partial charge in [0.1, 0.15) is 23.3 Å². The molecule has 2 aromatic rings. The lowest BCUT2D eigenvalue weighted by atomic mass is 9.91. The average molecular weight is 332 g/mol. The predicted molar refractivity (Wildman–Crippen MR) is 84.8 cm³/mol. The smallest absolute Gasteiger partial charge is 0.269 e. The zero-order valence-corrected chi connectivity index (χ0v) is 13.2. The molecule has 2 aliphatic rings. The Morgan fingerprint density at radius 3 is 3.00 bits per heavy atom. The Balaban J connectivity index is 1.67. The first-order valence-electron chi connectivity index (χ1n) is 8.10. The molecule has 6 nitrogen and oxygen atoms in total. The van der Waals surface area contributed by atoms with E-state index >= 15 is 0 Å². The van der Waals surface area contributed by atoms with Crippen molar-refractivity contribution < 1.29 is 8.78 Å². The Morgan fingerprint density at radius 1 is 1.29 bits per heavy atom. The molecule has 2 saturated heterocycles. The lowest BCUT2D eigenvalue weighted by Gasteiger charge is -2.38. The fourth-order valence-electron chi connectivity index (χ4n) is 4.11. The molecule has 8 heteroatoms. The van der Waals surface area contributed by atoms with Gasteiger partial charge in [-0.3, -0.25) is 4.90 Å². The molecule has 1 unspecified atom stereocenters. The van der Waals surface area contributed by atoms with Gasteiger partial charge in [0.05, 0.1) is 11.5 Å². The van der Waals surface area contributed by atoms with Crippen molar-refractivity contribution in [2.45, 2.75) is 30.7 Å². The summed E-state index contributed by atoms with van der Waals surface area (Å²) in [6.07, 6.45) is 3.74. The van der Waals surface area contributed by atoms with Crippen molar-refractivity contribution in [1.29, 1.82) is 5.26 Å². The number of hydrogen-bond donors (Lipinski definition) is 1. The van der Waals surface area contributed by atoms with Crippen LogP contribution in [0.1, 0.15) is 19.3 Å². The molecule has 1 spiro atoms. The average Bonchev–Trinajstić information content (AvgIpc) is 3.26. The van der Waals surface area contributed by atoms with Crippen LogP contribution in [-0.2, 0) is 0 Å². The number of aromatic nitrogens is 3. The summed E-state index contributed by atoms with van der Waals surface area (Å²) in [5, 5.41) is 9.66. The minimum Gasteiger partial charge on any atom is -0.354 e. The zero-order valence-electron chi connectivity index (χ0n) is 13.2. The number of alkyl halides is 2. The first kappa shape index (κ1) is 15.3. The van der Waals surface area contributed by atoms with Gasteiger partial charge in [-0.25, -0.2) is 18.7 Å². The highest BCUT2D eigenvalue weighted by atomic mass is 19.3. The van der Waals surface area contributed by atoms with Crippen molar-refractivity contribution in [3.8, 4) is 6.07 Å². The summed E-state index contributed by atoms with van der Waals surface area (Å²) in [7, 11) is 0. The highest BCUT2D eigenvalue weighted by molar-refractivity contribution is 5.87. The van der Waals surface area contributed by atoms with E-state index in [1.807, 2.05) is 15.9 Å². The van der Waals surface area contributed by atoms with Gasteiger partial charge in [-0.15, -0.1) is 0 Å². The van der Waals surface area contributed by atoms with Crippen molar-refractivity contribution in [2.24, 2.45) is 0 Å². The first-order valence-corrected chi connectivity index (χ1v) is 8.10. The van der Waals surface area contributed by atoms with Crippen molar-refractivity contribution in [3.63, 3.8) is 0 Å². The van der Waals surface area contributed by atoms with E-state index in [1.165, 1.54) is 6.33 Å². The third kappa shape index (κ3) is 2.08. The molecule has 126 valence electrons. The van der Waals surface area contributed by atoms with Crippen LogP contribution in [0.15, 0.2) is 18.6 Å². The Morgan fingerprint density at radius 2 is 2.17 bits per heavy atom. The molecule has 2 aromatic heterocycles. The molecule has 4 rings (SSSR count). The quantitative estimate of drug-likeness (QED) is 0.932. The molecule has 4 heterocycles. The van der Waals surface area contributed by atoms with Crippen LogP contribution in [0.25, 0.3) is 11.0 Å². The van der Waals surface area contributed by atoms with Crippen molar-refractivity contribution in [2.75, 3.05) is 31.1 Å². The number of rotatable bonds is 3. The maximum atomic E-state index is 14.7. The number of anilines is 1. The highest BCUT2D eigenvalue weighted by Crippen LogP contribution is 2.49. The van der Waals surface area contributed by atoms with Crippen LogP contribution in [0.4, 0.5) is 14.6 Å². The largest absolute Gasteiger partial charge is 0.354 e. The fourth-order valence-corrected chi connectivity index (χ4v) is 4.11. The van der Waals surface area contributed by atoms with Crippen LogP contribution in [0.3, 0.4) is 0 Å². The van der Waals surface area contributed by atoms with E-state index in [9.17, 15) is 8.78 Å². The normalized spacial score (nSPS) is 26.5. The summed E-state index contributed by atoms with van der Waals surface area (Å²) in [6, 6.07) is 3.94. The molecule has 1 N–H and O–H groups in total. The molecular weight excluding hydrogens is 314 g/mol. The minimum absolute atomic E-state index is 0.143. The van der Waals surface area contributed by atoms with Gasteiger partial charge in [0.2, 0.25) is 0 Å². The second kappa shape index (κ2) is 5.38.